The molecule has 5 heteroatoms. The van der Waals surface area contributed by atoms with E-state index in [2.05, 4.69) is 4.74 Å². The second kappa shape index (κ2) is 5.77. The Labute approximate surface area is 117 Å². The third-order valence-corrected chi connectivity index (χ3v) is 3.21. The molecule has 106 valence electrons. The molecule has 0 spiro atoms. The van der Waals surface area contributed by atoms with E-state index in [9.17, 15) is 9.59 Å². The smallest absolute Gasteiger partial charge is 0.310 e. The molecule has 0 aliphatic carbocycles. The van der Waals surface area contributed by atoms with Crippen LogP contribution in [-0.2, 0) is 9.53 Å². The fourth-order valence-corrected chi connectivity index (χ4v) is 2.12. The van der Waals surface area contributed by atoms with E-state index in [-0.39, 0.29) is 17.8 Å². The van der Waals surface area contributed by atoms with Crippen LogP contribution in [0.4, 0.5) is 0 Å². The van der Waals surface area contributed by atoms with Gasteiger partial charge in [0.25, 0.3) is 5.91 Å². The quantitative estimate of drug-likeness (QED) is 0.803. The van der Waals surface area contributed by atoms with Crippen molar-refractivity contribution in [2.45, 2.75) is 6.92 Å². The van der Waals surface area contributed by atoms with Crippen LogP contribution >= 0.6 is 0 Å². The Hall–Kier alpha value is -2.30. The van der Waals surface area contributed by atoms with Crippen molar-refractivity contribution in [2.24, 2.45) is 5.92 Å². The molecule has 2 rings (SSSR count). The van der Waals surface area contributed by atoms with Crippen LogP contribution in [0.3, 0.4) is 0 Å². The van der Waals surface area contributed by atoms with Gasteiger partial charge in [0.15, 0.2) is 0 Å². The van der Waals surface area contributed by atoms with Gasteiger partial charge in [0.2, 0.25) is 0 Å². The maximum atomic E-state index is 12.4. The lowest BCUT2D eigenvalue weighted by Gasteiger charge is -2.19. The molecule has 0 saturated carbocycles. The summed E-state index contributed by atoms with van der Waals surface area (Å²) in [5.74, 6) is -0.875. The van der Waals surface area contributed by atoms with Crippen LogP contribution in [0.15, 0.2) is 34.9 Å². The molecule has 0 N–H and O–H groups in total. The molecule has 0 fully saturated rings. The van der Waals surface area contributed by atoms with Crippen molar-refractivity contribution in [3.05, 3.63) is 36.1 Å². The van der Waals surface area contributed by atoms with Gasteiger partial charge in [0.05, 0.1) is 18.6 Å². The average molecular weight is 275 g/mol. The second-order valence-corrected chi connectivity index (χ2v) is 4.76. The number of carbonyl (C=O) groups is 2. The summed E-state index contributed by atoms with van der Waals surface area (Å²) in [5, 5.41) is 0.773. The number of para-hydroxylation sites is 1. The first-order valence-electron chi connectivity index (χ1n) is 6.34. The first-order valence-corrected chi connectivity index (χ1v) is 6.34. The van der Waals surface area contributed by atoms with Crippen molar-refractivity contribution in [3.8, 4) is 0 Å². The molecule has 1 unspecified atom stereocenters. The Morgan fingerprint density at radius 2 is 2.05 bits per heavy atom. The maximum absolute atomic E-state index is 12.4. The van der Waals surface area contributed by atoms with Crippen LogP contribution in [-0.4, -0.2) is 37.5 Å². The Bertz CT molecular complexity index is 632. The summed E-state index contributed by atoms with van der Waals surface area (Å²) in [4.78, 5) is 25.3. The highest BCUT2D eigenvalue weighted by atomic mass is 16.5. The number of ether oxygens (including phenoxy) is 1. The lowest BCUT2D eigenvalue weighted by molar-refractivity contribution is -0.145. The highest BCUT2D eigenvalue weighted by molar-refractivity contribution is 6.05. The summed E-state index contributed by atoms with van der Waals surface area (Å²) in [6.45, 7) is 2.02. The van der Waals surface area contributed by atoms with Crippen LogP contribution in [0.1, 0.15) is 17.3 Å². The van der Waals surface area contributed by atoms with Crippen molar-refractivity contribution in [3.63, 3.8) is 0 Å². The van der Waals surface area contributed by atoms with E-state index >= 15 is 0 Å². The van der Waals surface area contributed by atoms with Gasteiger partial charge in [-0.15, -0.1) is 0 Å². The molecule has 0 aliphatic rings. The molecule has 0 aliphatic heterocycles. The molecular weight excluding hydrogens is 258 g/mol. The third-order valence-electron chi connectivity index (χ3n) is 3.21. The molecule has 1 aromatic carbocycles. The number of fused-ring (bicyclic) bond motifs is 1. The van der Waals surface area contributed by atoms with Crippen molar-refractivity contribution >= 4 is 22.8 Å². The Morgan fingerprint density at radius 3 is 2.75 bits per heavy atom. The first-order chi connectivity index (χ1) is 9.54. The fourth-order valence-electron chi connectivity index (χ4n) is 2.12. The number of esters is 1. The molecule has 20 heavy (non-hydrogen) atoms. The SMILES string of the molecule is COC(=O)C(C)CN(C)C(=O)c1coc2ccccc12. The molecular formula is C15H17NO4. The van der Waals surface area contributed by atoms with Crippen LogP contribution in [0.25, 0.3) is 11.0 Å². The van der Waals surface area contributed by atoms with Crippen molar-refractivity contribution < 1.29 is 18.7 Å². The number of rotatable bonds is 4. The van der Waals surface area contributed by atoms with Gasteiger partial charge in [-0.2, -0.15) is 0 Å². The van der Waals surface area contributed by atoms with Crippen molar-refractivity contribution in [2.75, 3.05) is 20.7 Å². The second-order valence-electron chi connectivity index (χ2n) is 4.76. The largest absolute Gasteiger partial charge is 0.469 e. The molecule has 5 nitrogen and oxygen atoms in total. The molecule has 2 aromatic rings. The number of carbonyl (C=O) groups excluding carboxylic acids is 2. The number of benzene rings is 1. The third kappa shape index (κ3) is 2.66. The number of hydrogen-bond acceptors (Lipinski definition) is 4. The van der Waals surface area contributed by atoms with Gasteiger partial charge in [0.1, 0.15) is 11.8 Å². The van der Waals surface area contributed by atoms with Crippen molar-refractivity contribution in [1.29, 1.82) is 0 Å². The van der Waals surface area contributed by atoms with Gasteiger partial charge in [-0.3, -0.25) is 9.59 Å². The minimum atomic E-state index is -0.368. The van der Waals surface area contributed by atoms with Gasteiger partial charge < -0.3 is 14.1 Å². The lowest BCUT2D eigenvalue weighted by Crippen LogP contribution is -2.34. The summed E-state index contributed by atoms with van der Waals surface area (Å²) in [6.07, 6.45) is 1.45. The normalized spacial score (nSPS) is 12.2. The predicted molar refractivity (Wildman–Crippen MR) is 74.4 cm³/mol. The summed E-state index contributed by atoms with van der Waals surface area (Å²) in [7, 11) is 2.99. The molecule has 0 bridgehead atoms. The van der Waals surface area contributed by atoms with Crippen LogP contribution in [0.2, 0.25) is 0 Å². The van der Waals surface area contributed by atoms with E-state index in [1.807, 2.05) is 24.3 Å². The van der Waals surface area contributed by atoms with E-state index < -0.39 is 0 Å². The van der Waals surface area contributed by atoms with Crippen LogP contribution < -0.4 is 0 Å². The van der Waals surface area contributed by atoms with Crippen molar-refractivity contribution in [1.82, 2.24) is 4.90 Å². The predicted octanol–water partition coefficient (Wildman–Crippen LogP) is 2.31. The van der Waals surface area contributed by atoms with E-state index in [0.29, 0.717) is 17.7 Å². The summed E-state index contributed by atoms with van der Waals surface area (Å²) in [6, 6.07) is 7.35. The average Bonchev–Trinajstić information content (AvgIpc) is 2.89. The van der Waals surface area contributed by atoms with E-state index in [1.165, 1.54) is 18.3 Å². The van der Waals surface area contributed by atoms with Gasteiger partial charge in [-0.05, 0) is 6.07 Å². The zero-order chi connectivity index (χ0) is 14.7. The fraction of sp³-hybridized carbons (Fsp3) is 0.333. The topological polar surface area (TPSA) is 59.8 Å². The highest BCUT2D eigenvalue weighted by Crippen LogP contribution is 2.22. The molecule has 1 aromatic heterocycles. The molecule has 1 amide bonds. The summed E-state index contributed by atoms with van der Waals surface area (Å²) < 4.78 is 10.0. The number of hydrogen-bond donors (Lipinski definition) is 0. The molecule has 1 atom stereocenters. The standard InChI is InChI=1S/C15H17NO4/c1-10(15(18)19-3)8-16(2)14(17)12-9-20-13-7-5-4-6-11(12)13/h4-7,9-10H,8H2,1-3H3. The minimum Gasteiger partial charge on any atom is -0.469 e. The Kier molecular flexibility index (Phi) is 4.08. The van der Waals surface area contributed by atoms with E-state index in [4.69, 9.17) is 4.42 Å². The van der Waals surface area contributed by atoms with Gasteiger partial charge >= 0.3 is 5.97 Å². The maximum Gasteiger partial charge on any atom is 0.310 e. The molecule has 0 radical (unpaired) electrons. The number of methoxy groups -OCH3 is 1. The minimum absolute atomic E-state index is 0.175. The summed E-state index contributed by atoms with van der Waals surface area (Å²) >= 11 is 0. The van der Waals surface area contributed by atoms with Crippen LogP contribution in [0, 0.1) is 5.92 Å². The Morgan fingerprint density at radius 1 is 1.35 bits per heavy atom. The van der Waals surface area contributed by atoms with E-state index in [0.717, 1.165) is 5.39 Å². The number of nitrogens with zero attached hydrogens (tertiary/aromatic N) is 1. The van der Waals surface area contributed by atoms with Gasteiger partial charge in [0, 0.05) is 19.0 Å². The van der Waals surface area contributed by atoms with Gasteiger partial charge in [-0.1, -0.05) is 25.1 Å². The zero-order valence-electron chi connectivity index (χ0n) is 11.8. The number of amides is 1. The lowest BCUT2D eigenvalue weighted by atomic mass is 10.1. The first kappa shape index (κ1) is 14.1. The summed E-state index contributed by atoms with van der Waals surface area (Å²) in [5.41, 5.74) is 1.17. The Balaban J connectivity index is 2.16. The number of furan rings is 1. The monoisotopic (exact) mass is 275 g/mol. The van der Waals surface area contributed by atoms with E-state index in [1.54, 1.807) is 14.0 Å². The van der Waals surface area contributed by atoms with Gasteiger partial charge in [-0.25, -0.2) is 0 Å². The zero-order valence-corrected chi connectivity index (χ0v) is 11.8. The molecule has 1 heterocycles. The van der Waals surface area contributed by atoms with Crippen LogP contribution in [0.5, 0.6) is 0 Å². The highest BCUT2D eigenvalue weighted by Gasteiger charge is 2.22. The molecule has 0 saturated heterocycles.